The largest absolute Gasteiger partial charge is 0.441 e. The molecule has 1 aromatic carbocycles. The molecule has 3 rings (SSSR count). The summed E-state index contributed by atoms with van der Waals surface area (Å²) < 4.78 is 44.2. The second-order valence-corrected chi connectivity index (χ2v) is 6.04. The van der Waals surface area contributed by atoms with E-state index in [-0.39, 0.29) is 23.4 Å². The number of hydrogen-bond acceptors (Lipinski definition) is 4. The fourth-order valence-corrected chi connectivity index (χ4v) is 2.76. The van der Waals surface area contributed by atoms with Crippen molar-refractivity contribution in [3.05, 3.63) is 41.3 Å². The van der Waals surface area contributed by atoms with Gasteiger partial charge in [0.25, 0.3) is 0 Å². The Hall–Kier alpha value is -2.35. The van der Waals surface area contributed by atoms with Crippen LogP contribution in [0.2, 0.25) is 0 Å². The molecule has 1 amide bonds. The van der Waals surface area contributed by atoms with E-state index < -0.39 is 11.7 Å². The number of carbonyl (C=O) groups is 1. The summed E-state index contributed by atoms with van der Waals surface area (Å²) in [7, 11) is 0. The highest BCUT2D eigenvalue weighted by molar-refractivity contribution is 5.81. The van der Waals surface area contributed by atoms with E-state index in [2.05, 4.69) is 10.3 Å². The van der Waals surface area contributed by atoms with Gasteiger partial charge < -0.3 is 9.73 Å². The molecule has 1 N–H and O–H groups in total. The molecule has 1 aromatic heterocycles. The molecule has 0 aliphatic carbocycles. The van der Waals surface area contributed by atoms with E-state index in [1.165, 1.54) is 12.1 Å². The Bertz CT molecular complexity index is 786. The van der Waals surface area contributed by atoms with Crippen LogP contribution in [0.25, 0.3) is 11.5 Å². The molecule has 134 valence electrons. The summed E-state index contributed by atoms with van der Waals surface area (Å²) in [6.45, 7) is 5.16. The van der Waals surface area contributed by atoms with Crippen molar-refractivity contribution in [2.75, 3.05) is 13.1 Å². The number of benzene rings is 1. The minimum atomic E-state index is -4.42. The molecular formula is C17H18F3N3O2. The topological polar surface area (TPSA) is 58.4 Å². The molecule has 0 saturated carbocycles. The minimum Gasteiger partial charge on any atom is -0.441 e. The molecule has 2 heterocycles. The summed E-state index contributed by atoms with van der Waals surface area (Å²) in [6, 6.07) is 4.59. The summed E-state index contributed by atoms with van der Waals surface area (Å²) in [6.07, 6.45) is -4.42. The van der Waals surface area contributed by atoms with Gasteiger partial charge in [-0.15, -0.1) is 0 Å². The first kappa shape index (κ1) is 17.5. The summed E-state index contributed by atoms with van der Waals surface area (Å²) in [4.78, 5) is 18.0. The number of halogens is 3. The predicted molar refractivity (Wildman–Crippen MR) is 84.6 cm³/mol. The molecule has 1 atom stereocenters. The van der Waals surface area contributed by atoms with Gasteiger partial charge in [-0.25, -0.2) is 4.98 Å². The lowest BCUT2D eigenvalue weighted by Crippen LogP contribution is -2.53. The summed E-state index contributed by atoms with van der Waals surface area (Å²) in [5.74, 6) is 0.629. The number of rotatable bonds is 3. The smallest absolute Gasteiger partial charge is 0.416 e. The maximum Gasteiger partial charge on any atom is 0.416 e. The zero-order valence-corrected chi connectivity index (χ0v) is 13.9. The van der Waals surface area contributed by atoms with Crippen LogP contribution in [0.3, 0.4) is 0 Å². The van der Waals surface area contributed by atoms with E-state index in [9.17, 15) is 18.0 Å². The Morgan fingerprint density at radius 1 is 1.40 bits per heavy atom. The molecule has 0 spiro atoms. The predicted octanol–water partition coefficient (Wildman–Crippen LogP) is 2.99. The van der Waals surface area contributed by atoms with E-state index in [1.54, 1.807) is 13.8 Å². The SMILES string of the molecule is Cc1oc(-c2cccc(C(F)(F)F)c2)nc1CN1CCNC(=O)[C@@H]1C. The van der Waals surface area contributed by atoms with E-state index in [0.29, 0.717) is 31.1 Å². The van der Waals surface area contributed by atoms with Crippen molar-refractivity contribution in [1.82, 2.24) is 15.2 Å². The molecule has 0 radical (unpaired) electrons. The number of carbonyl (C=O) groups excluding carboxylic acids is 1. The molecule has 0 bridgehead atoms. The standard InChI is InChI=1S/C17H18F3N3O2/c1-10-15(24)21-6-7-23(10)9-14-11(2)25-16(22-14)12-4-3-5-13(8-12)17(18,19)20/h3-5,8,10H,6-7,9H2,1-2H3,(H,21,24)/t10-/m0/s1. The monoisotopic (exact) mass is 353 g/mol. The quantitative estimate of drug-likeness (QED) is 0.922. The molecule has 1 aliphatic heterocycles. The van der Waals surface area contributed by atoms with Gasteiger partial charge in [0, 0.05) is 25.2 Å². The second kappa shape index (κ2) is 6.51. The number of oxazole rings is 1. The lowest BCUT2D eigenvalue weighted by molar-refractivity contribution is -0.137. The molecule has 25 heavy (non-hydrogen) atoms. The number of alkyl halides is 3. The number of amides is 1. The van der Waals surface area contributed by atoms with Crippen molar-refractivity contribution in [1.29, 1.82) is 0 Å². The van der Waals surface area contributed by atoms with Crippen LogP contribution in [0.4, 0.5) is 13.2 Å². The van der Waals surface area contributed by atoms with Crippen LogP contribution in [0.1, 0.15) is 23.9 Å². The molecule has 8 heteroatoms. The first-order chi connectivity index (χ1) is 11.8. The Balaban J connectivity index is 1.84. The third kappa shape index (κ3) is 3.68. The van der Waals surface area contributed by atoms with Crippen LogP contribution < -0.4 is 5.32 Å². The highest BCUT2D eigenvalue weighted by Gasteiger charge is 2.31. The fraction of sp³-hybridized carbons (Fsp3) is 0.412. The summed E-state index contributed by atoms with van der Waals surface area (Å²) >= 11 is 0. The average Bonchev–Trinajstić information content (AvgIpc) is 2.92. The van der Waals surface area contributed by atoms with E-state index in [1.807, 2.05) is 4.90 Å². The fourth-order valence-electron chi connectivity index (χ4n) is 2.76. The third-order valence-electron chi connectivity index (χ3n) is 4.31. The maximum absolute atomic E-state index is 12.9. The highest BCUT2D eigenvalue weighted by Crippen LogP contribution is 2.32. The van der Waals surface area contributed by atoms with Crippen LogP contribution in [0, 0.1) is 6.92 Å². The van der Waals surface area contributed by atoms with Crippen molar-refractivity contribution >= 4 is 5.91 Å². The molecule has 1 saturated heterocycles. The first-order valence-electron chi connectivity index (χ1n) is 7.91. The Morgan fingerprint density at radius 3 is 2.88 bits per heavy atom. The number of nitrogens with zero attached hydrogens (tertiary/aromatic N) is 2. The second-order valence-electron chi connectivity index (χ2n) is 6.04. The van der Waals surface area contributed by atoms with Crippen molar-refractivity contribution in [3.63, 3.8) is 0 Å². The van der Waals surface area contributed by atoms with Gasteiger partial charge >= 0.3 is 6.18 Å². The minimum absolute atomic E-state index is 0.0505. The van der Waals surface area contributed by atoms with Gasteiger partial charge in [0.2, 0.25) is 11.8 Å². The number of aromatic nitrogens is 1. The normalized spacial score (nSPS) is 19.1. The van der Waals surface area contributed by atoms with Crippen LogP contribution in [0.15, 0.2) is 28.7 Å². The van der Waals surface area contributed by atoms with Gasteiger partial charge in [-0.05, 0) is 32.0 Å². The van der Waals surface area contributed by atoms with Gasteiger partial charge in [-0.3, -0.25) is 9.69 Å². The van der Waals surface area contributed by atoms with Crippen molar-refractivity contribution < 1.29 is 22.4 Å². The lowest BCUT2D eigenvalue weighted by atomic mass is 10.1. The van der Waals surface area contributed by atoms with Crippen molar-refractivity contribution in [3.8, 4) is 11.5 Å². The Kier molecular flexibility index (Phi) is 4.55. The lowest BCUT2D eigenvalue weighted by Gasteiger charge is -2.32. The average molecular weight is 353 g/mol. The number of nitrogens with one attached hydrogen (secondary N) is 1. The van der Waals surface area contributed by atoms with E-state index in [0.717, 1.165) is 12.1 Å². The molecule has 0 unspecified atom stereocenters. The van der Waals surface area contributed by atoms with Gasteiger partial charge in [0.1, 0.15) is 5.76 Å². The van der Waals surface area contributed by atoms with E-state index in [4.69, 9.17) is 4.42 Å². The van der Waals surface area contributed by atoms with Gasteiger partial charge in [0.05, 0.1) is 17.3 Å². The number of hydrogen-bond donors (Lipinski definition) is 1. The van der Waals surface area contributed by atoms with Crippen molar-refractivity contribution in [2.24, 2.45) is 0 Å². The zero-order valence-electron chi connectivity index (χ0n) is 13.9. The molecule has 1 aliphatic rings. The van der Waals surface area contributed by atoms with E-state index >= 15 is 0 Å². The molecular weight excluding hydrogens is 335 g/mol. The number of aryl methyl sites for hydroxylation is 1. The summed E-state index contributed by atoms with van der Waals surface area (Å²) in [5, 5.41) is 2.78. The van der Waals surface area contributed by atoms with Crippen LogP contribution >= 0.6 is 0 Å². The summed E-state index contributed by atoms with van der Waals surface area (Å²) in [5.41, 5.74) is 0.145. The van der Waals surface area contributed by atoms with Crippen LogP contribution in [-0.4, -0.2) is 34.9 Å². The van der Waals surface area contributed by atoms with Crippen LogP contribution in [-0.2, 0) is 17.5 Å². The van der Waals surface area contributed by atoms with Crippen LogP contribution in [0.5, 0.6) is 0 Å². The zero-order chi connectivity index (χ0) is 18.2. The van der Waals surface area contributed by atoms with Gasteiger partial charge in [-0.2, -0.15) is 13.2 Å². The third-order valence-corrected chi connectivity index (χ3v) is 4.31. The highest BCUT2D eigenvalue weighted by atomic mass is 19.4. The maximum atomic E-state index is 12.9. The Morgan fingerprint density at radius 2 is 2.16 bits per heavy atom. The Labute approximate surface area is 142 Å². The molecule has 2 aromatic rings. The van der Waals surface area contributed by atoms with Gasteiger partial charge in [0.15, 0.2) is 0 Å². The number of piperazine rings is 1. The first-order valence-corrected chi connectivity index (χ1v) is 7.91. The molecule has 1 fully saturated rings. The molecule has 5 nitrogen and oxygen atoms in total. The van der Waals surface area contributed by atoms with Crippen molar-refractivity contribution in [2.45, 2.75) is 32.6 Å². The van der Waals surface area contributed by atoms with Gasteiger partial charge in [-0.1, -0.05) is 6.07 Å².